The summed E-state index contributed by atoms with van der Waals surface area (Å²) in [6.07, 6.45) is 1.77. The number of nitrogens with zero attached hydrogens (tertiary/aromatic N) is 2. The van der Waals surface area contributed by atoms with E-state index in [9.17, 15) is 0 Å². The second-order valence-corrected chi connectivity index (χ2v) is 5.84. The lowest BCUT2D eigenvalue weighted by Gasteiger charge is -2.08. The molecule has 2 aromatic rings. The Hall–Kier alpha value is -1.33. The third-order valence-electron chi connectivity index (χ3n) is 2.65. The van der Waals surface area contributed by atoms with E-state index >= 15 is 0 Å². The van der Waals surface area contributed by atoms with Crippen LogP contribution in [0.5, 0.6) is 0 Å². The van der Waals surface area contributed by atoms with E-state index in [0.29, 0.717) is 0 Å². The zero-order chi connectivity index (χ0) is 13.7. The molecule has 0 saturated heterocycles. The first-order chi connectivity index (χ1) is 9.21. The van der Waals surface area contributed by atoms with Crippen molar-refractivity contribution < 1.29 is 0 Å². The minimum absolute atomic E-state index is 0.824. The highest BCUT2D eigenvalue weighted by Gasteiger charge is 2.03. The largest absolute Gasteiger partial charge is 0.373 e. The Morgan fingerprint density at radius 1 is 1.26 bits per heavy atom. The molecular weight excluding hydrogens is 280 g/mol. The molecule has 0 amide bonds. The van der Waals surface area contributed by atoms with E-state index in [1.165, 1.54) is 4.88 Å². The molecule has 4 nitrogen and oxygen atoms in total. The maximum Gasteiger partial charge on any atom is 0.132 e. The van der Waals surface area contributed by atoms with Crippen molar-refractivity contribution in [3.05, 3.63) is 33.2 Å². The highest BCUT2D eigenvalue weighted by atomic mass is 35.5. The van der Waals surface area contributed by atoms with Crippen molar-refractivity contribution in [2.24, 2.45) is 0 Å². The van der Waals surface area contributed by atoms with Crippen LogP contribution in [-0.2, 0) is 12.8 Å². The van der Waals surface area contributed by atoms with E-state index in [0.717, 1.165) is 41.2 Å². The van der Waals surface area contributed by atoms with Gasteiger partial charge in [-0.25, -0.2) is 9.97 Å². The summed E-state index contributed by atoms with van der Waals surface area (Å²) in [5.74, 6) is 2.54. The molecule has 0 unspecified atom stereocenters. The highest BCUT2D eigenvalue weighted by molar-refractivity contribution is 7.16. The average Bonchev–Trinajstić information content (AvgIpc) is 2.84. The van der Waals surface area contributed by atoms with Crippen LogP contribution in [0.3, 0.4) is 0 Å². The fraction of sp³-hybridized carbons (Fsp3) is 0.385. The summed E-state index contributed by atoms with van der Waals surface area (Å²) in [6, 6.07) is 5.91. The molecule has 2 N–H and O–H groups in total. The first-order valence-electron chi connectivity index (χ1n) is 6.25. The molecule has 0 aromatic carbocycles. The molecule has 2 rings (SSSR count). The lowest BCUT2D eigenvalue weighted by atomic mass is 10.3. The average molecular weight is 297 g/mol. The van der Waals surface area contributed by atoms with E-state index in [4.69, 9.17) is 11.6 Å². The number of hydrogen-bond donors (Lipinski definition) is 2. The quantitative estimate of drug-likeness (QED) is 0.857. The van der Waals surface area contributed by atoms with Gasteiger partial charge in [0, 0.05) is 31.0 Å². The number of halogens is 1. The highest BCUT2D eigenvalue weighted by Crippen LogP contribution is 2.21. The second kappa shape index (κ2) is 6.73. The molecule has 0 fully saturated rings. The van der Waals surface area contributed by atoms with Gasteiger partial charge < -0.3 is 10.6 Å². The van der Waals surface area contributed by atoms with Gasteiger partial charge in [0.1, 0.15) is 17.5 Å². The van der Waals surface area contributed by atoms with Crippen LogP contribution in [0.4, 0.5) is 11.6 Å². The number of anilines is 2. The van der Waals surface area contributed by atoms with Crippen LogP contribution in [0.1, 0.15) is 17.6 Å². The number of rotatable bonds is 6. The van der Waals surface area contributed by atoms with E-state index in [1.54, 1.807) is 11.3 Å². The summed E-state index contributed by atoms with van der Waals surface area (Å²) in [5.41, 5.74) is 0. The third kappa shape index (κ3) is 4.08. The monoisotopic (exact) mass is 296 g/mol. The molecule has 102 valence electrons. The normalized spacial score (nSPS) is 10.5. The Morgan fingerprint density at radius 2 is 2.05 bits per heavy atom. The predicted octanol–water partition coefficient (Wildman–Crippen LogP) is 3.45. The second-order valence-electron chi connectivity index (χ2n) is 4.04. The van der Waals surface area contributed by atoms with Gasteiger partial charge in [0.15, 0.2) is 0 Å². The molecular formula is C13H17ClN4S. The van der Waals surface area contributed by atoms with Gasteiger partial charge in [0.2, 0.25) is 0 Å². The van der Waals surface area contributed by atoms with Gasteiger partial charge >= 0.3 is 0 Å². The lowest BCUT2D eigenvalue weighted by molar-refractivity contribution is 0.929. The molecule has 0 bridgehead atoms. The van der Waals surface area contributed by atoms with Crippen molar-refractivity contribution in [1.82, 2.24) is 9.97 Å². The standard InChI is InChI=1S/C13H17ClN4S/c1-3-11-17-12(15-2)8-13(18-11)16-7-6-9-4-5-10(14)19-9/h4-5,8H,3,6-7H2,1-2H3,(H2,15,16,17,18). The Kier molecular flexibility index (Phi) is 4.99. The molecule has 0 saturated carbocycles. The summed E-state index contributed by atoms with van der Waals surface area (Å²) < 4.78 is 0.836. The van der Waals surface area contributed by atoms with E-state index in [-0.39, 0.29) is 0 Å². The van der Waals surface area contributed by atoms with Crippen molar-refractivity contribution >= 4 is 34.6 Å². The Morgan fingerprint density at radius 3 is 2.68 bits per heavy atom. The van der Waals surface area contributed by atoms with Crippen molar-refractivity contribution in [2.75, 3.05) is 24.2 Å². The Balaban J connectivity index is 1.95. The molecule has 0 aliphatic rings. The zero-order valence-electron chi connectivity index (χ0n) is 11.0. The molecule has 0 aliphatic carbocycles. The minimum atomic E-state index is 0.824. The first-order valence-corrected chi connectivity index (χ1v) is 7.44. The van der Waals surface area contributed by atoms with Gasteiger partial charge in [0.05, 0.1) is 4.34 Å². The van der Waals surface area contributed by atoms with Crippen LogP contribution in [0, 0.1) is 0 Å². The van der Waals surface area contributed by atoms with Crippen LogP contribution >= 0.6 is 22.9 Å². The molecule has 0 radical (unpaired) electrons. The number of hydrogen-bond acceptors (Lipinski definition) is 5. The topological polar surface area (TPSA) is 49.8 Å². The minimum Gasteiger partial charge on any atom is -0.373 e. The fourth-order valence-corrected chi connectivity index (χ4v) is 2.76. The number of aromatic nitrogens is 2. The van der Waals surface area contributed by atoms with Crippen molar-refractivity contribution in [2.45, 2.75) is 19.8 Å². The number of aryl methyl sites for hydroxylation is 1. The SMILES string of the molecule is CCc1nc(NC)cc(NCCc2ccc(Cl)s2)n1. The summed E-state index contributed by atoms with van der Waals surface area (Å²) in [4.78, 5) is 10.1. The molecule has 0 atom stereocenters. The van der Waals surface area contributed by atoms with Gasteiger partial charge in [-0.15, -0.1) is 11.3 Å². The first kappa shape index (κ1) is 14.1. The fourth-order valence-electron chi connectivity index (χ4n) is 1.67. The Labute approximate surface area is 122 Å². The van der Waals surface area contributed by atoms with Crippen LogP contribution in [-0.4, -0.2) is 23.6 Å². The summed E-state index contributed by atoms with van der Waals surface area (Å²) in [7, 11) is 1.86. The van der Waals surface area contributed by atoms with Gasteiger partial charge in [0.25, 0.3) is 0 Å². The molecule has 19 heavy (non-hydrogen) atoms. The van der Waals surface area contributed by atoms with Gasteiger partial charge in [-0.1, -0.05) is 18.5 Å². The molecule has 2 aromatic heterocycles. The van der Waals surface area contributed by atoms with Crippen molar-refractivity contribution in [1.29, 1.82) is 0 Å². The third-order valence-corrected chi connectivity index (χ3v) is 3.94. The smallest absolute Gasteiger partial charge is 0.132 e. The van der Waals surface area contributed by atoms with Gasteiger partial charge in [-0.2, -0.15) is 0 Å². The van der Waals surface area contributed by atoms with Crippen LogP contribution in [0.2, 0.25) is 4.34 Å². The van der Waals surface area contributed by atoms with Crippen LogP contribution in [0.15, 0.2) is 18.2 Å². The molecule has 0 aliphatic heterocycles. The zero-order valence-corrected chi connectivity index (χ0v) is 12.6. The van der Waals surface area contributed by atoms with Gasteiger partial charge in [-0.05, 0) is 18.6 Å². The lowest BCUT2D eigenvalue weighted by Crippen LogP contribution is -2.08. The summed E-state index contributed by atoms with van der Waals surface area (Å²) >= 11 is 7.52. The number of nitrogens with one attached hydrogen (secondary N) is 2. The van der Waals surface area contributed by atoms with E-state index in [1.807, 2.05) is 26.1 Å². The maximum absolute atomic E-state index is 5.90. The summed E-state index contributed by atoms with van der Waals surface area (Å²) in [5, 5.41) is 6.37. The van der Waals surface area contributed by atoms with E-state index < -0.39 is 0 Å². The summed E-state index contributed by atoms with van der Waals surface area (Å²) in [6.45, 7) is 2.88. The van der Waals surface area contributed by atoms with Crippen molar-refractivity contribution in [3.8, 4) is 0 Å². The van der Waals surface area contributed by atoms with Crippen LogP contribution < -0.4 is 10.6 Å². The van der Waals surface area contributed by atoms with Crippen LogP contribution in [0.25, 0.3) is 0 Å². The molecule has 2 heterocycles. The molecule has 0 spiro atoms. The van der Waals surface area contributed by atoms with Crippen molar-refractivity contribution in [3.63, 3.8) is 0 Å². The Bertz CT molecular complexity index is 519. The number of thiophene rings is 1. The predicted molar refractivity (Wildman–Crippen MR) is 82.5 cm³/mol. The maximum atomic E-state index is 5.90. The molecule has 6 heteroatoms. The van der Waals surface area contributed by atoms with Gasteiger partial charge in [-0.3, -0.25) is 0 Å². The van der Waals surface area contributed by atoms with E-state index in [2.05, 4.69) is 26.7 Å².